The van der Waals surface area contributed by atoms with E-state index in [4.69, 9.17) is 15.2 Å². The Bertz CT molecular complexity index is 567. The van der Waals surface area contributed by atoms with E-state index in [0.29, 0.717) is 6.54 Å². The first kappa shape index (κ1) is 19.3. The Kier molecular flexibility index (Phi) is 7.06. The number of amides is 1. The van der Waals surface area contributed by atoms with Crippen molar-refractivity contribution in [2.75, 3.05) is 32.8 Å². The molecule has 144 valence electrons. The third kappa shape index (κ3) is 4.84. The lowest BCUT2D eigenvalue weighted by Crippen LogP contribution is -2.46. The zero-order valence-electron chi connectivity index (χ0n) is 15.9. The molecule has 5 nitrogen and oxygen atoms in total. The summed E-state index contributed by atoms with van der Waals surface area (Å²) < 4.78 is 11.9. The molecule has 0 radical (unpaired) electrons. The second kappa shape index (κ2) is 9.49. The van der Waals surface area contributed by atoms with Crippen LogP contribution in [0.15, 0.2) is 24.3 Å². The fourth-order valence-corrected chi connectivity index (χ4v) is 3.93. The number of nitrogens with two attached hydrogens (primary N) is 1. The van der Waals surface area contributed by atoms with Crippen LogP contribution in [0, 0.1) is 12.8 Å². The molecule has 1 amide bonds. The van der Waals surface area contributed by atoms with E-state index in [1.807, 2.05) is 4.90 Å². The highest BCUT2D eigenvalue weighted by molar-refractivity contribution is 5.80. The van der Waals surface area contributed by atoms with E-state index in [1.54, 1.807) is 0 Å². The van der Waals surface area contributed by atoms with Gasteiger partial charge in [0, 0.05) is 26.3 Å². The molecule has 0 saturated carbocycles. The molecule has 1 aromatic rings. The van der Waals surface area contributed by atoms with Crippen LogP contribution in [0.5, 0.6) is 0 Å². The van der Waals surface area contributed by atoms with Gasteiger partial charge in [-0.3, -0.25) is 4.79 Å². The highest BCUT2D eigenvalue weighted by atomic mass is 16.5. The molecule has 0 aliphatic carbocycles. The van der Waals surface area contributed by atoms with Gasteiger partial charge in [-0.1, -0.05) is 29.8 Å². The molecule has 2 heterocycles. The van der Waals surface area contributed by atoms with Crippen LogP contribution in [0.3, 0.4) is 0 Å². The van der Waals surface area contributed by atoms with Crippen LogP contribution in [-0.2, 0) is 14.3 Å². The molecule has 1 aromatic carbocycles. The second-order valence-corrected chi connectivity index (χ2v) is 7.49. The maximum absolute atomic E-state index is 13.2. The average Bonchev–Trinajstić information content (AvgIpc) is 2.69. The number of carbonyl (C=O) groups excluding carboxylic acids is 1. The summed E-state index contributed by atoms with van der Waals surface area (Å²) in [5, 5.41) is 0. The third-order valence-electron chi connectivity index (χ3n) is 5.50. The molecule has 2 aliphatic heterocycles. The van der Waals surface area contributed by atoms with Crippen LogP contribution in [0.25, 0.3) is 0 Å². The van der Waals surface area contributed by atoms with Gasteiger partial charge in [0.2, 0.25) is 5.91 Å². The van der Waals surface area contributed by atoms with Crippen LogP contribution in [0.2, 0.25) is 0 Å². The number of aryl methyl sites for hydroxylation is 1. The summed E-state index contributed by atoms with van der Waals surface area (Å²) in [5.41, 5.74) is 7.86. The first-order valence-corrected chi connectivity index (χ1v) is 9.97. The predicted molar refractivity (Wildman–Crippen MR) is 102 cm³/mol. The lowest BCUT2D eigenvalue weighted by atomic mass is 9.87. The van der Waals surface area contributed by atoms with Crippen molar-refractivity contribution in [3.8, 4) is 0 Å². The van der Waals surface area contributed by atoms with Crippen molar-refractivity contribution in [3.63, 3.8) is 0 Å². The normalized spacial score (nSPS) is 24.6. The van der Waals surface area contributed by atoms with Gasteiger partial charge in [0.15, 0.2) is 0 Å². The molecule has 2 N–H and O–H groups in total. The number of nitrogens with zero attached hydrogens (tertiary/aromatic N) is 1. The molecule has 2 unspecified atom stereocenters. The summed E-state index contributed by atoms with van der Waals surface area (Å²) in [6, 6.07) is 8.39. The van der Waals surface area contributed by atoms with E-state index in [9.17, 15) is 4.79 Å². The van der Waals surface area contributed by atoms with Crippen molar-refractivity contribution in [1.82, 2.24) is 4.90 Å². The van der Waals surface area contributed by atoms with Crippen LogP contribution in [0.1, 0.15) is 49.3 Å². The largest absolute Gasteiger partial charge is 0.378 e. The maximum atomic E-state index is 13.2. The lowest BCUT2D eigenvalue weighted by molar-refractivity contribution is -0.148. The summed E-state index contributed by atoms with van der Waals surface area (Å²) in [7, 11) is 0. The van der Waals surface area contributed by atoms with Gasteiger partial charge in [-0.05, 0) is 51.1 Å². The Hall–Kier alpha value is -1.43. The SMILES string of the molecule is Cc1ccc(C2OCCCC2C(=O)N2CCC(OCCCN)CC2)cc1. The molecular weight excluding hydrogens is 328 g/mol. The summed E-state index contributed by atoms with van der Waals surface area (Å²) >= 11 is 0. The highest BCUT2D eigenvalue weighted by Gasteiger charge is 2.36. The van der Waals surface area contributed by atoms with Gasteiger partial charge in [-0.25, -0.2) is 0 Å². The second-order valence-electron chi connectivity index (χ2n) is 7.49. The molecule has 2 aliphatic rings. The molecular formula is C21H32N2O3. The number of hydrogen-bond donors (Lipinski definition) is 1. The van der Waals surface area contributed by atoms with Gasteiger partial charge in [0.1, 0.15) is 0 Å². The monoisotopic (exact) mass is 360 g/mol. The average molecular weight is 360 g/mol. The maximum Gasteiger partial charge on any atom is 0.228 e. The minimum absolute atomic E-state index is 0.0684. The number of likely N-dealkylation sites (tertiary alicyclic amines) is 1. The van der Waals surface area contributed by atoms with E-state index in [0.717, 1.165) is 64.0 Å². The van der Waals surface area contributed by atoms with E-state index in [1.165, 1.54) is 5.56 Å². The van der Waals surface area contributed by atoms with Crippen LogP contribution in [-0.4, -0.2) is 49.8 Å². The molecule has 2 fully saturated rings. The minimum atomic E-state index is -0.115. The topological polar surface area (TPSA) is 64.8 Å². The zero-order chi connectivity index (χ0) is 18.4. The molecule has 2 atom stereocenters. The lowest BCUT2D eigenvalue weighted by Gasteiger charge is -2.38. The molecule has 26 heavy (non-hydrogen) atoms. The van der Waals surface area contributed by atoms with Crippen molar-refractivity contribution in [3.05, 3.63) is 35.4 Å². The Morgan fingerprint density at radius 1 is 1.23 bits per heavy atom. The number of piperidine rings is 1. The first-order chi connectivity index (χ1) is 12.7. The summed E-state index contributed by atoms with van der Waals surface area (Å²) in [5.74, 6) is 0.178. The third-order valence-corrected chi connectivity index (χ3v) is 5.50. The fourth-order valence-electron chi connectivity index (χ4n) is 3.93. The quantitative estimate of drug-likeness (QED) is 0.792. The van der Waals surface area contributed by atoms with Gasteiger partial charge in [0.25, 0.3) is 0 Å². The minimum Gasteiger partial charge on any atom is -0.378 e. The number of rotatable bonds is 6. The Balaban J connectivity index is 1.58. The van der Waals surface area contributed by atoms with E-state index in [-0.39, 0.29) is 24.0 Å². The zero-order valence-corrected chi connectivity index (χ0v) is 15.9. The number of carbonyl (C=O) groups is 1. The predicted octanol–water partition coefficient (Wildman–Crippen LogP) is 2.82. The van der Waals surface area contributed by atoms with Crippen LogP contribution < -0.4 is 5.73 Å². The molecule has 2 saturated heterocycles. The Labute approximate surface area is 156 Å². The van der Waals surface area contributed by atoms with E-state index >= 15 is 0 Å². The molecule has 0 spiro atoms. The molecule has 3 rings (SSSR count). The van der Waals surface area contributed by atoms with Gasteiger partial charge >= 0.3 is 0 Å². The standard InChI is InChI=1S/C21H32N2O3/c1-16-5-7-17(8-6-16)20-19(4-2-14-26-20)21(24)23-12-9-18(10-13-23)25-15-3-11-22/h5-8,18-20H,2-4,9-15,22H2,1H3. The van der Waals surface area contributed by atoms with E-state index < -0.39 is 0 Å². The molecule has 5 heteroatoms. The summed E-state index contributed by atoms with van der Waals surface area (Å²) in [6.45, 7) is 5.76. The van der Waals surface area contributed by atoms with Gasteiger partial charge < -0.3 is 20.1 Å². The van der Waals surface area contributed by atoms with Crippen molar-refractivity contribution < 1.29 is 14.3 Å². The van der Waals surface area contributed by atoms with Crippen molar-refractivity contribution in [2.24, 2.45) is 11.7 Å². The van der Waals surface area contributed by atoms with Crippen molar-refractivity contribution in [1.29, 1.82) is 0 Å². The van der Waals surface area contributed by atoms with Crippen molar-refractivity contribution in [2.45, 2.75) is 51.2 Å². The summed E-state index contributed by atoms with van der Waals surface area (Å²) in [6.07, 6.45) is 4.74. The number of benzene rings is 1. The highest BCUT2D eigenvalue weighted by Crippen LogP contribution is 2.35. The smallest absolute Gasteiger partial charge is 0.228 e. The Morgan fingerprint density at radius 3 is 2.65 bits per heavy atom. The van der Waals surface area contributed by atoms with Gasteiger partial charge in [-0.2, -0.15) is 0 Å². The van der Waals surface area contributed by atoms with E-state index in [2.05, 4.69) is 31.2 Å². The van der Waals surface area contributed by atoms with Gasteiger partial charge in [-0.15, -0.1) is 0 Å². The number of ether oxygens (including phenoxy) is 2. The van der Waals surface area contributed by atoms with Crippen LogP contribution >= 0.6 is 0 Å². The van der Waals surface area contributed by atoms with Crippen molar-refractivity contribution >= 4 is 5.91 Å². The van der Waals surface area contributed by atoms with Gasteiger partial charge in [0.05, 0.1) is 18.1 Å². The Morgan fingerprint density at radius 2 is 1.96 bits per heavy atom. The summed E-state index contributed by atoms with van der Waals surface area (Å²) in [4.78, 5) is 15.2. The fraction of sp³-hybridized carbons (Fsp3) is 0.667. The van der Waals surface area contributed by atoms with Crippen LogP contribution in [0.4, 0.5) is 0 Å². The molecule has 0 aromatic heterocycles. The number of hydrogen-bond acceptors (Lipinski definition) is 4. The first-order valence-electron chi connectivity index (χ1n) is 9.97. The molecule has 0 bridgehead atoms.